The number of alkyl halides is 1. The van der Waals surface area contributed by atoms with Crippen LogP contribution in [0.5, 0.6) is 5.75 Å². The molecule has 17 heavy (non-hydrogen) atoms. The Morgan fingerprint density at radius 3 is 2.71 bits per heavy atom. The fourth-order valence-electron chi connectivity index (χ4n) is 1.24. The molecule has 0 fully saturated rings. The van der Waals surface area contributed by atoms with Crippen molar-refractivity contribution < 1.29 is 9.66 Å². The van der Waals surface area contributed by atoms with E-state index in [1.165, 1.54) is 23.9 Å². The van der Waals surface area contributed by atoms with Gasteiger partial charge >= 0.3 is 0 Å². The topological polar surface area (TPSA) is 52.4 Å². The average Bonchev–Trinajstić information content (AvgIpc) is 2.25. The second-order valence-electron chi connectivity index (χ2n) is 3.62. The van der Waals surface area contributed by atoms with Gasteiger partial charge in [0.15, 0.2) is 0 Å². The van der Waals surface area contributed by atoms with Crippen molar-refractivity contribution in [1.82, 2.24) is 0 Å². The molecule has 1 rings (SSSR count). The molecule has 94 valence electrons. The van der Waals surface area contributed by atoms with Crippen molar-refractivity contribution in [2.24, 2.45) is 0 Å². The van der Waals surface area contributed by atoms with Crippen molar-refractivity contribution in [1.29, 1.82) is 0 Å². The van der Waals surface area contributed by atoms with E-state index >= 15 is 0 Å². The van der Waals surface area contributed by atoms with Crippen LogP contribution in [0.4, 0.5) is 5.69 Å². The summed E-state index contributed by atoms with van der Waals surface area (Å²) >= 11 is 7.07. The summed E-state index contributed by atoms with van der Waals surface area (Å²) in [4.78, 5) is 11.2. The number of non-ortho nitro benzene ring substituents is 1. The maximum Gasteiger partial charge on any atom is 0.274 e. The van der Waals surface area contributed by atoms with E-state index in [-0.39, 0.29) is 11.8 Å². The number of nitrogens with zero attached hydrogens (tertiary/aromatic N) is 1. The van der Waals surface area contributed by atoms with Gasteiger partial charge in [-0.05, 0) is 19.9 Å². The Morgan fingerprint density at radius 2 is 2.18 bits per heavy atom. The van der Waals surface area contributed by atoms with Gasteiger partial charge in [0, 0.05) is 22.6 Å². The third kappa shape index (κ3) is 4.83. The Kier molecular flexibility index (Phi) is 5.58. The quantitative estimate of drug-likeness (QED) is 0.344. The molecule has 0 N–H and O–H groups in total. The fraction of sp³-hybridized carbons (Fsp3) is 0.455. The zero-order chi connectivity index (χ0) is 12.8. The first-order valence-corrected chi connectivity index (χ1v) is 6.70. The summed E-state index contributed by atoms with van der Waals surface area (Å²) in [5.41, 5.74) is 0.0419. The highest BCUT2D eigenvalue weighted by Crippen LogP contribution is 2.29. The van der Waals surface area contributed by atoms with E-state index in [0.717, 1.165) is 4.90 Å². The predicted molar refractivity (Wildman–Crippen MR) is 70.3 cm³/mol. The summed E-state index contributed by atoms with van der Waals surface area (Å²) in [6.45, 7) is 3.76. The van der Waals surface area contributed by atoms with Crippen LogP contribution in [0.3, 0.4) is 0 Å². The minimum atomic E-state index is -0.419. The minimum Gasteiger partial charge on any atom is -0.491 e. The molecule has 0 aliphatic heterocycles. The maximum atomic E-state index is 10.8. The van der Waals surface area contributed by atoms with Gasteiger partial charge in [0.25, 0.3) is 5.69 Å². The molecule has 0 heterocycles. The van der Waals surface area contributed by atoms with E-state index in [1.54, 1.807) is 6.07 Å². The Bertz CT molecular complexity index is 398. The van der Waals surface area contributed by atoms with Crippen LogP contribution in [0.2, 0.25) is 0 Å². The fourth-order valence-corrected chi connectivity index (χ4v) is 2.19. The second kappa shape index (κ2) is 6.71. The summed E-state index contributed by atoms with van der Waals surface area (Å²) in [5, 5.41) is 10.8. The van der Waals surface area contributed by atoms with E-state index < -0.39 is 4.92 Å². The minimum absolute atomic E-state index is 0.0112. The molecule has 0 unspecified atom stereocenters. The zero-order valence-corrected chi connectivity index (χ0v) is 11.3. The van der Waals surface area contributed by atoms with Gasteiger partial charge in [0.05, 0.1) is 17.1 Å². The molecule has 4 nitrogen and oxygen atoms in total. The molecule has 0 saturated carbocycles. The maximum absolute atomic E-state index is 10.8. The first-order chi connectivity index (χ1) is 8.02. The monoisotopic (exact) mass is 275 g/mol. The van der Waals surface area contributed by atoms with Crippen LogP contribution in [0, 0.1) is 10.1 Å². The largest absolute Gasteiger partial charge is 0.491 e. The molecular formula is C11H14ClNO3S. The van der Waals surface area contributed by atoms with Gasteiger partial charge in [0.1, 0.15) is 5.75 Å². The lowest BCUT2D eigenvalue weighted by Gasteiger charge is -2.10. The second-order valence-corrected chi connectivity index (χ2v) is 5.17. The summed E-state index contributed by atoms with van der Waals surface area (Å²) < 4.78 is 5.47. The number of ether oxygens (including phenoxy) is 1. The van der Waals surface area contributed by atoms with Gasteiger partial charge in [-0.25, -0.2) is 0 Å². The number of rotatable bonds is 6. The lowest BCUT2D eigenvalue weighted by Crippen LogP contribution is -2.05. The molecule has 0 radical (unpaired) electrons. The first kappa shape index (κ1) is 14.1. The van der Waals surface area contributed by atoms with Gasteiger partial charge in [-0.15, -0.1) is 23.4 Å². The van der Waals surface area contributed by atoms with Gasteiger partial charge < -0.3 is 4.74 Å². The normalized spacial score (nSPS) is 10.6. The van der Waals surface area contributed by atoms with Crippen molar-refractivity contribution in [3.63, 3.8) is 0 Å². The molecule has 6 heteroatoms. The first-order valence-electron chi connectivity index (χ1n) is 5.18. The molecule has 0 bridgehead atoms. The molecule has 0 aliphatic rings. The number of nitro benzene ring substituents is 1. The van der Waals surface area contributed by atoms with Crippen molar-refractivity contribution >= 4 is 29.1 Å². The van der Waals surface area contributed by atoms with E-state index in [4.69, 9.17) is 16.3 Å². The Labute approximate surface area is 109 Å². The van der Waals surface area contributed by atoms with Crippen LogP contribution in [0.1, 0.15) is 13.8 Å². The Balaban J connectivity index is 2.96. The van der Waals surface area contributed by atoms with Gasteiger partial charge in [-0.3, -0.25) is 10.1 Å². The molecule has 0 atom stereocenters. The molecule has 0 saturated heterocycles. The number of thioether (sulfide) groups is 1. The van der Waals surface area contributed by atoms with Crippen LogP contribution in [-0.2, 0) is 0 Å². The SMILES string of the molecule is CC(C)Oc1cc(SCCCl)cc([N+](=O)[O-])c1. The van der Waals surface area contributed by atoms with Crippen LogP contribution in [0.25, 0.3) is 0 Å². The van der Waals surface area contributed by atoms with Crippen molar-refractivity contribution in [2.45, 2.75) is 24.8 Å². The van der Waals surface area contributed by atoms with Crippen LogP contribution >= 0.6 is 23.4 Å². The van der Waals surface area contributed by atoms with Gasteiger partial charge in [0.2, 0.25) is 0 Å². The summed E-state index contributed by atoms with van der Waals surface area (Å²) in [5.74, 6) is 1.74. The summed E-state index contributed by atoms with van der Waals surface area (Å²) in [6.07, 6.45) is -0.0112. The molecular weight excluding hydrogens is 262 g/mol. The zero-order valence-electron chi connectivity index (χ0n) is 9.68. The van der Waals surface area contributed by atoms with E-state index in [9.17, 15) is 10.1 Å². The Morgan fingerprint density at radius 1 is 1.47 bits per heavy atom. The average molecular weight is 276 g/mol. The van der Waals surface area contributed by atoms with E-state index in [1.807, 2.05) is 13.8 Å². The lowest BCUT2D eigenvalue weighted by atomic mass is 10.3. The highest BCUT2D eigenvalue weighted by molar-refractivity contribution is 7.99. The summed E-state index contributed by atoms with van der Waals surface area (Å²) in [7, 11) is 0. The molecule has 0 aliphatic carbocycles. The predicted octanol–water partition coefficient (Wildman–Crippen LogP) is 3.71. The number of benzene rings is 1. The van der Waals surface area contributed by atoms with Crippen LogP contribution in [0.15, 0.2) is 23.1 Å². The smallest absolute Gasteiger partial charge is 0.274 e. The number of hydrogen-bond donors (Lipinski definition) is 0. The molecule has 0 aromatic heterocycles. The van der Waals surface area contributed by atoms with Crippen molar-refractivity contribution in [3.8, 4) is 5.75 Å². The van der Waals surface area contributed by atoms with E-state index in [0.29, 0.717) is 17.4 Å². The highest BCUT2D eigenvalue weighted by Gasteiger charge is 2.11. The van der Waals surface area contributed by atoms with E-state index in [2.05, 4.69) is 0 Å². The molecule has 0 amide bonds. The number of nitro groups is 1. The van der Waals surface area contributed by atoms with Crippen molar-refractivity contribution in [3.05, 3.63) is 28.3 Å². The third-order valence-electron chi connectivity index (χ3n) is 1.79. The Hall–Kier alpha value is -0.940. The van der Waals surface area contributed by atoms with Crippen molar-refractivity contribution in [2.75, 3.05) is 11.6 Å². The van der Waals surface area contributed by atoms with Crippen LogP contribution in [-0.4, -0.2) is 22.7 Å². The standard InChI is InChI=1S/C11H14ClNO3S/c1-8(2)16-10-5-9(13(14)15)6-11(7-10)17-4-3-12/h5-8H,3-4H2,1-2H3. The van der Waals surface area contributed by atoms with Gasteiger partial charge in [-0.1, -0.05) is 0 Å². The molecule has 1 aromatic rings. The summed E-state index contributed by atoms with van der Waals surface area (Å²) in [6, 6.07) is 4.76. The highest BCUT2D eigenvalue weighted by atomic mass is 35.5. The lowest BCUT2D eigenvalue weighted by molar-refractivity contribution is -0.385. The van der Waals surface area contributed by atoms with Crippen LogP contribution < -0.4 is 4.74 Å². The molecule has 0 spiro atoms. The third-order valence-corrected chi connectivity index (χ3v) is 3.18. The van der Waals surface area contributed by atoms with Gasteiger partial charge in [-0.2, -0.15) is 0 Å². The number of hydrogen-bond acceptors (Lipinski definition) is 4. The molecule has 1 aromatic carbocycles. The number of halogens is 1.